The first-order valence-electron chi connectivity index (χ1n) is 8.29. The summed E-state index contributed by atoms with van der Waals surface area (Å²) in [7, 11) is 1.86. The third-order valence-corrected chi connectivity index (χ3v) is 4.49. The molecule has 1 aromatic heterocycles. The maximum absolute atomic E-state index is 12.1. The fourth-order valence-electron chi connectivity index (χ4n) is 3.17. The Morgan fingerprint density at radius 1 is 1.33 bits per heavy atom. The Morgan fingerprint density at radius 2 is 2.12 bits per heavy atom. The Kier molecular flexibility index (Phi) is 4.69. The highest BCUT2D eigenvalue weighted by Crippen LogP contribution is 2.28. The number of aromatic nitrogens is 3. The van der Waals surface area contributed by atoms with Crippen LogP contribution in [0.15, 0.2) is 30.6 Å². The van der Waals surface area contributed by atoms with E-state index in [-0.39, 0.29) is 18.1 Å². The quantitative estimate of drug-likeness (QED) is 0.875. The number of hydrogen-bond donors (Lipinski definition) is 2. The van der Waals surface area contributed by atoms with Crippen LogP contribution in [0.25, 0.3) is 0 Å². The molecule has 1 aromatic carbocycles. The Hall–Kier alpha value is -2.57. The lowest BCUT2D eigenvalue weighted by molar-refractivity contribution is 0.236. The molecular weight excluding hydrogens is 304 g/mol. The highest BCUT2D eigenvalue weighted by Gasteiger charge is 2.23. The number of benzene rings is 1. The van der Waals surface area contributed by atoms with Crippen molar-refractivity contribution in [2.45, 2.75) is 32.4 Å². The molecule has 0 saturated heterocycles. The van der Waals surface area contributed by atoms with E-state index in [4.69, 9.17) is 0 Å². The van der Waals surface area contributed by atoms with Gasteiger partial charge in [-0.25, -0.2) is 4.79 Å². The van der Waals surface area contributed by atoms with E-state index in [1.165, 1.54) is 11.3 Å². The molecule has 2 heterocycles. The molecule has 1 aliphatic rings. The highest BCUT2D eigenvalue weighted by atomic mass is 16.2. The second-order valence-electron chi connectivity index (χ2n) is 6.30. The molecule has 0 spiro atoms. The molecular formula is C17H24N6O. The number of anilines is 1. The van der Waals surface area contributed by atoms with Crippen LogP contribution < -0.4 is 15.5 Å². The molecule has 7 heteroatoms. The lowest BCUT2D eigenvalue weighted by Crippen LogP contribution is -2.45. The Labute approximate surface area is 142 Å². The van der Waals surface area contributed by atoms with Gasteiger partial charge in [-0.2, -0.15) is 0 Å². The molecule has 2 N–H and O–H groups in total. The van der Waals surface area contributed by atoms with Crippen LogP contribution in [0.3, 0.4) is 0 Å². The summed E-state index contributed by atoms with van der Waals surface area (Å²) in [4.78, 5) is 14.5. The van der Waals surface area contributed by atoms with Gasteiger partial charge in [0.05, 0.1) is 6.04 Å². The van der Waals surface area contributed by atoms with Crippen molar-refractivity contribution < 1.29 is 4.79 Å². The number of carbonyl (C=O) groups is 1. The number of para-hydroxylation sites is 1. The van der Waals surface area contributed by atoms with E-state index in [1.54, 1.807) is 10.9 Å². The van der Waals surface area contributed by atoms with Crippen LogP contribution in [0.1, 0.15) is 31.3 Å². The predicted octanol–water partition coefficient (Wildman–Crippen LogP) is 1.63. The van der Waals surface area contributed by atoms with Crippen LogP contribution in [0.2, 0.25) is 0 Å². The minimum absolute atomic E-state index is 0.190. The molecule has 7 nitrogen and oxygen atoms in total. The van der Waals surface area contributed by atoms with Crippen molar-refractivity contribution in [3.8, 4) is 0 Å². The molecule has 0 saturated carbocycles. The number of aryl methyl sites for hydroxylation is 1. The van der Waals surface area contributed by atoms with Crippen molar-refractivity contribution in [1.82, 2.24) is 25.4 Å². The normalized spacial score (nSPS) is 15.7. The van der Waals surface area contributed by atoms with E-state index in [0.29, 0.717) is 6.54 Å². The van der Waals surface area contributed by atoms with Crippen molar-refractivity contribution in [2.75, 3.05) is 18.0 Å². The molecule has 2 amide bonds. The summed E-state index contributed by atoms with van der Waals surface area (Å²) in [6.45, 7) is 5.61. The number of urea groups is 1. The van der Waals surface area contributed by atoms with Crippen molar-refractivity contribution in [2.24, 2.45) is 7.05 Å². The summed E-state index contributed by atoms with van der Waals surface area (Å²) in [5, 5.41) is 13.7. The number of fused-ring (bicyclic) bond motifs is 1. The molecule has 0 fully saturated rings. The van der Waals surface area contributed by atoms with Gasteiger partial charge in [-0.3, -0.25) is 0 Å². The first kappa shape index (κ1) is 16.3. The second-order valence-corrected chi connectivity index (χ2v) is 6.30. The molecule has 24 heavy (non-hydrogen) atoms. The van der Waals surface area contributed by atoms with E-state index < -0.39 is 0 Å². The maximum Gasteiger partial charge on any atom is 0.315 e. The van der Waals surface area contributed by atoms with Gasteiger partial charge in [0.1, 0.15) is 6.33 Å². The van der Waals surface area contributed by atoms with Crippen LogP contribution >= 0.6 is 0 Å². The third-order valence-electron chi connectivity index (χ3n) is 4.49. The summed E-state index contributed by atoms with van der Waals surface area (Å²) in [5.41, 5.74) is 2.66. The van der Waals surface area contributed by atoms with Crippen molar-refractivity contribution in [3.05, 3.63) is 42.0 Å². The number of carbonyl (C=O) groups excluding carboxylic acids is 1. The smallest absolute Gasteiger partial charge is 0.315 e. The van der Waals surface area contributed by atoms with E-state index >= 15 is 0 Å². The zero-order valence-corrected chi connectivity index (χ0v) is 14.4. The molecule has 2 aromatic rings. The van der Waals surface area contributed by atoms with Gasteiger partial charge in [-0.05, 0) is 31.9 Å². The Morgan fingerprint density at radius 3 is 2.88 bits per heavy atom. The lowest BCUT2D eigenvalue weighted by Gasteiger charge is -2.27. The van der Waals surface area contributed by atoms with Crippen LogP contribution in [0.4, 0.5) is 10.5 Å². The Balaban J connectivity index is 1.51. The first-order valence-corrected chi connectivity index (χ1v) is 8.29. The zero-order chi connectivity index (χ0) is 17.1. The largest absolute Gasteiger partial charge is 0.366 e. The van der Waals surface area contributed by atoms with Crippen molar-refractivity contribution >= 4 is 11.7 Å². The number of rotatable bonds is 5. The summed E-state index contributed by atoms with van der Waals surface area (Å²) in [6, 6.07) is 8.31. The van der Waals surface area contributed by atoms with Gasteiger partial charge in [0.15, 0.2) is 5.82 Å². The van der Waals surface area contributed by atoms with Gasteiger partial charge < -0.3 is 20.1 Å². The fourth-order valence-corrected chi connectivity index (χ4v) is 3.17. The predicted molar refractivity (Wildman–Crippen MR) is 92.9 cm³/mol. The van der Waals surface area contributed by atoms with Gasteiger partial charge in [0.25, 0.3) is 0 Å². The first-order chi connectivity index (χ1) is 11.6. The molecule has 0 aliphatic carbocycles. The van der Waals surface area contributed by atoms with E-state index in [2.05, 4.69) is 56.9 Å². The van der Waals surface area contributed by atoms with Crippen LogP contribution in [-0.4, -0.2) is 39.9 Å². The fraction of sp³-hybridized carbons (Fsp3) is 0.471. The minimum Gasteiger partial charge on any atom is -0.366 e. The van der Waals surface area contributed by atoms with Crippen molar-refractivity contribution in [3.63, 3.8) is 0 Å². The van der Waals surface area contributed by atoms with E-state index in [1.807, 2.05) is 14.0 Å². The molecule has 128 valence electrons. The van der Waals surface area contributed by atoms with E-state index in [0.717, 1.165) is 18.8 Å². The number of hydrogen-bond acceptors (Lipinski definition) is 4. The topological polar surface area (TPSA) is 75.1 Å². The number of amides is 2. The molecule has 0 radical (unpaired) electrons. The van der Waals surface area contributed by atoms with Crippen LogP contribution in [-0.2, 0) is 13.5 Å². The average molecular weight is 328 g/mol. The summed E-state index contributed by atoms with van der Waals surface area (Å²) in [5.74, 6) is 0.728. The molecule has 0 bridgehead atoms. The second kappa shape index (κ2) is 6.90. The summed E-state index contributed by atoms with van der Waals surface area (Å²) >= 11 is 0. The van der Waals surface area contributed by atoms with Gasteiger partial charge >= 0.3 is 6.03 Å². The van der Waals surface area contributed by atoms with Gasteiger partial charge in [0.2, 0.25) is 0 Å². The van der Waals surface area contributed by atoms with Crippen molar-refractivity contribution in [1.29, 1.82) is 0 Å². The Bertz CT molecular complexity index is 713. The van der Waals surface area contributed by atoms with E-state index in [9.17, 15) is 4.79 Å². The third kappa shape index (κ3) is 3.34. The number of nitrogens with one attached hydrogen (secondary N) is 2. The average Bonchev–Trinajstić information content (AvgIpc) is 3.18. The monoisotopic (exact) mass is 328 g/mol. The summed E-state index contributed by atoms with van der Waals surface area (Å²) in [6.07, 6.45) is 2.69. The van der Waals surface area contributed by atoms with Gasteiger partial charge in [-0.15, -0.1) is 10.2 Å². The molecule has 0 unspecified atom stereocenters. The zero-order valence-electron chi connectivity index (χ0n) is 14.4. The SMILES string of the molecule is C[C@H](NC(=O)NC[C@@H](C)N1CCc2ccccc21)c1nncn1C. The lowest BCUT2D eigenvalue weighted by atomic mass is 10.2. The molecule has 1 aliphatic heterocycles. The standard InChI is InChI=1S/C17H24N6O/c1-12(23-9-8-14-6-4-5-7-15(14)23)10-18-17(24)20-13(2)16-21-19-11-22(16)3/h4-7,11-13H,8-10H2,1-3H3,(H2,18,20,24)/t12-,13+/m1/s1. The molecule has 2 atom stereocenters. The van der Waals surface area contributed by atoms with Crippen LogP contribution in [0, 0.1) is 0 Å². The van der Waals surface area contributed by atoms with Gasteiger partial charge in [0, 0.05) is 31.9 Å². The van der Waals surface area contributed by atoms with Crippen LogP contribution in [0.5, 0.6) is 0 Å². The maximum atomic E-state index is 12.1. The highest BCUT2D eigenvalue weighted by molar-refractivity contribution is 5.74. The summed E-state index contributed by atoms with van der Waals surface area (Å²) < 4.78 is 1.80. The van der Waals surface area contributed by atoms with Gasteiger partial charge in [-0.1, -0.05) is 18.2 Å². The minimum atomic E-state index is -0.194. The number of nitrogens with zero attached hydrogens (tertiary/aromatic N) is 4. The molecule has 3 rings (SSSR count).